The molecular weight excluding hydrogens is 318 g/mol. The average molecular weight is 336 g/mol. The fourth-order valence-corrected chi connectivity index (χ4v) is 3.16. The number of carbonyl (C=O) groups excluding carboxylic acids is 1. The lowest BCUT2D eigenvalue weighted by Gasteiger charge is -2.13. The van der Waals surface area contributed by atoms with Gasteiger partial charge in [-0.1, -0.05) is 53.6 Å². The summed E-state index contributed by atoms with van der Waals surface area (Å²) in [5.74, 6) is -0.770. The number of aromatic nitrogens is 1. The van der Waals surface area contributed by atoms with E-state index in [2.05, 4.69) is 0 Å². The summed E-state index contributed by atoms with van der Waals surface area (Å²) in [4.78, 5) is 12.5. The highest BCUT2D eigenvalue weighted by Crippen LogP contribution is 2.29. The first-order chi connectivity index (χ1) is 10.4. The maximum Gasteiger partial charge on any atom is 0.314 e. The first-order valence-corrected chi connectivity index (χ1v) is 7.69. The number of esters is 1. The molecule has 1 heterocycles. The number of carbonyl (C=O) groups is 1. The largest absolute Gasteiger partial charge is 0.469 e. The Hall–Kier alpha value is -1.65. The third-order valence-corrected chi connectivity index (χ3v) is 4.49. The molecule has 1 atom stereocenters. The summed E-state index contributed by atoms with van der Waals surface area (Å²) in [5.41, 5.74) is 3.65. The van der Waals surface area contributed by atoms with E-state index in [1.165, 1.54) is 12.7 Å². The highest BCUT2D eigenvalue weighted by molar-refractivity contribution is 7.81. The minimum absolute atomic E-state index is 0.323. The molecule has 22 heavy (non-hydrogen) atoms. The number of hydrogen-bond acceptors (Lipinski definition) is 3. The van der Waals surface area contributed by atoms with Gasteiger partial charge in [0, 0.05) is 7.05 Å². The first kappa shape index (κ1) is 16.7. The van der Waals surface area contributed by atoms with Crippen molar-refractivity contribution in [2.24, 2.45) is 7.05 Å². The van der Waals surface area contributed by atoms with Crippen molar-refractivity contribution in [1.82, 2.24) is 4.57 Å². The Kier molecular flexibility index (Phi) is 5.04. The van der Waals surface area contributed by atoms with Gasteiger partial charge in [0.25, 0.3) is 0 Å². The lowest BCUT2D eigenvalue weighted by Crippen LogP contribution is -2.16. The van der Waals surface area contributed by atoms with Crippen LogP contribution in [0.5, 0.6) is 0 Å². The van der Waals surface area contributed by atoms with Crippen LogP contribution in [0.2, 0.25) is 5.02 Å². The SMILES string of the molecule is COC(=O)C(C)c1c(Cl)cc(C(=S)c2ccc(C)cc2)n1C. The van der Waals surface area contributed by atoms with Gasteiger partial charge in [-0.05, 0) is 25.5 Å². The number of nitrogens with zero attached hydrogens (tertiary/aromatic N) is 1. The lowest BCUT2D eigenvalue weighted by molar-refractivity contribution is -0.142. The van der Waals surface area contributed by atoms with Gasteiger partial charge in [-0.2, -0.15) is 0 Å². The van der Waals surface area contributed by atoms with Crippen LogP contribution in [0, 0.1) is 6.92 Å². The van der Waals surface area contributed by atoms with Crippen LogP contribution in [-0.2, 0) is 16.6 Å². The van der Waals surface area contributed by atoms with E-state index in [4.69, 9.17) is 28.6 Å². The van der Waals surface area contributed by atoms with Gasteiger partial charge in [0.05, 0.1) is 34.3 Å². The second kappa shape index (κ2) is 6.63. The fourth-order valence-electron chi connectivity index (χ4n) is 2.44. The number of ether oxygens (including phenoxy) is 1. The summed E-state index contributed by atoms with van der Waals surface area (Å²) >= 11 is 11.9. The molecule has 0 saturated carbocycles. The van der Waals surface area contributed by atoms with Gasteiger partial charge in [-0.15, -0.1) is 0 Å². The molecule has 0 spiro atoms. The molecule has 0 saturated heterocycles. The Morgan fingerprint density at radius 1 is 1.32 bits per heavy atom. The highest BCUT2D eigenvalue weighted by atomic mass is 35.5. The van der Waals surface area contributed by atoms with Crippen molar-refractivity contribution in [3.8, 4) is 0 Å². The van der Waals surface area contributed by atoms with E-state index in [9.17, 15) is 4.79 Å². The molecule has 0 N–H and O–H groups in total. The zero-order valence-corrected chi connectivity index (χ0v) is 14.6. The Balaban J connectivity index is 2.43. The van der Waals surface area contributed by atoms with Crippen LogP contribution >= 0.6 is 23.8 Å². The van der Waals surface area contributed by atoms with E-state index in [1.807, 2.05) is 42.8 Å². The predicted octanol–water partition coefficient (Wildman–Crippen LogP) is 4.03. The van der Waals surface area contributed by atoms with Gasteiger partial charge in [-0.3, -0.25) is 4.79 Å². The number of aryl methyl sites for hydroxylation is 1. The minimum atomic E-state index is -0.447. The van der Waals surface area contributed by atoms with Gasteiger partial charge < -0.3 is 9.30 Å². The zero-order chi connectivity index (χ0) is 16.4. The minimum Gasteiger partial charge on any atom is -0.469 e. The monoisotopic (exact) mass is 335 g/mol. The van der Waals surface area contributed by atoms with Crippen molar-refractivity contribution >= 4 is 34.7 Å². The summed E-state index contributed by atoms with van der Waals surface area (Å²) in [7, 11) is 3.23. The molecule has 2 rings (SSSR count). The molecule has 0 aliphatic rings. The van der Waals surface area contributed by atoms with E-state index in [0.29, 0.717) is 15.6 Å². The Morgan fingerprint density at radius 3 is 2.45 bits per heavy atom. The number of rotatable bonds is 4. The summed E-state index contributed by atoms with van der Waals surface area (Å²) < 4.78 is 6.67. The number of hydrogen-bond donors (Lipinski definition) is 0. The van der Waals surface area contributed by atoms with Crippen LogP contribution in [-0.4, -0.2) is 22.5 Å². The average Bonchev–Trinajstić information content (AvgIpc) is 2.80. The fraction of sp³-hybridized carbons (Fsp3) is 0.294. The van der Waals surface area contributed by atoms with E-state index in [1.54, 1.807) is 13.0 Å². The maximum atomic E-state index is 11.8. The molecule has 2 aromatic rings. The molecule has 0 bridgehead atoms. The van der Waals surface area contributed by atoms with Crippen LogP contribution in [0.3, 0.4) is 0 Å². The Bertz CT molecular complexity index is 719. The molecule has 0 radical (unpaired) electrons. The summed E-state index contributed by atoms with van der Waals surface area (Å²) in [6, 6.07) is 9.82. The normalized spacial score (nSPS) is 12.0. The van der Waals surface area contributed by atoms with Crippen molar-refractivity contribution in [2.75, 3.05) is 7.11 Å². The molecule has 5 heteroatoms. The molecule has 0 fully saturated rings. The van der Waals surface area contributed by atoms with Crippen molar-refractivity contribution in [1.29, 1.82) is 0 Å². The smallest absolute Gasteiger partial charge is 0.314 e. The van der Waals surface area contributed by atoms with Crippen molar-refractivity contribution in [2.45, 2.75) is 19.8 Å². The number of benzene rings is 1. The van der Waals surface area contributed by atoms with Crippen LogP contribution < -0.4 is 0 Å². The van der Waals surface area contributed by atoms with Crippen molar-refractivity contribution in [3.63, 3.8) is 0 Å². The third kappa shape index (κ3) is 3.08. The van der Waals surface area contributed by atoms with Crippen LogP contribution in [0.1, 0.15) is 35.4 Å². The number of methoxy groups -OCH3 is 1. The van der Waals surface area contributed by atoms with E-state index < -0.39 is 5.92 Å². The molecule has 1 aromatic carbocycles. The van der Waals surface area contributed by atoms with Crippen molar-refractivity contribution < 1.29 is 9.53 Å². The molecule has 0 aliphatic carbocycles. The van der Waals surface area contributed by atoms with Crippen LogP contribution in [0.4, 0.5) is 0 Å². The van der Waals surface area contributed by atoms with E-state index >= 15 is 0 Å². The standard InChI is InChI=1S/C17H18ClNO2S/c1-10-5-7-12(8-6-10)16(22)14-9-13(18)15(19(14)3)11(2)17(20)21-4/h5-9,11H,1-4H3. The quantitative estimate of drug-likeness (QED) is 0.480. The second-order valence-corrected chi connectivity index (χ2v) is 6.08. The second-order valence-electron chi connectivity index (χ2n) is 5.26. The topological polar surface area (TPSA) is 31.2 Å². The molecule has 3 nitrogen and oxygen atoms in total. The Morgan fingerprint density at radius 2 is 1.91 bits per heavy atom. The van der Waals surface area contributed by atoms with Crippen LogP contribution in [0.15, 0.2) is 30.3 Å². The highest BCUT2D eigenvalue weighted by Gasteiger charge is 2.25. The molecule has 1 unspecified atom stereocenters. The van der Waals surface area contributed by atoms with Gasteiger partial charge >= 0.3 is 5.97 Å². The number of thiocarbonyl (C=S) groups is 1. The van der Waals surface area contributed by atoms with E-state index in [0.717, 1.165) is 11.3 Å². The molecule has 1 aromatic heterocycles. The summed E-state index contributed by atoms with van der Waals surface area (Å²) in [5, 5.41) is 0.518. The van der Waals surface area contributed by atoms with Gasteiger partial charge in [0.2, 0.25) is 0 Å². The molecule has 0 aliphatic heterocycles. The molecular formula is C17H18ClNO2S. The van der Waals surface area contributed by atoms with E-state index in [-0.39, 0.29) is 5.97 Å². The maximum absolute atomic E-state index is 11.8. The molecule has 0 amide bonds. The van der Waals surface area contributed by atoms with Gasteiger partial charge in [0.15, 0.2) is 0 Å². The number of halogens is 1. The van der Waals surface area contributed by atoms with Gasteiger partial charge in [-0.25, -0.2) is 0 Å². The lowest BCUT2D eigenvalue weighted by atomic mass is 10.1. The zero-order valence-electron chi connectivity index (χ0n) is 13.0. The predicted molar refractivity (Wildman–Crippen MR) is 92.8 cm³/mol. The summed E-state index contributed by atoms with van der Waals surface area (Å²) in [6.07, 6.45) is 0. The molecule has 116 valence electrons. The first-order valence-electron chi connectivity index (χ1n) is 6.91. The van der Waals surface area contributed by atoms with Crippen molar-refractivity contribution in [3.05, 3.63) is 57.9 Å². The Labute approximate surface area is 140 Å². The summed E-state index contributed by atoms with van der Waals surface area (Å²) in [6.45, 7) is 3.80. The third-order valence-electron chi connectivity index (χ3n) is 3.74. The van der Waals surface area contributed by atoms with Crippen LogP contribution in [0.25, 0.3) is 0 Å². The van der Waals surface area contributed by atoms with Gasteiger partial charge in [0.1, 0.15) is 0 Å².